The summed E-state index contributed by atoms with van der Waals surface area (Å²) < 4.78 is 18.5. The first kappa shape index (κ1) is 17.2. The maximum atomic E-state index is 13.2. The van der Waals surface area contributed by atoms with Crippen LogP contribution in [0.1, 0.15) is 44.0 Å². The van der Waals surface area contributed by atoms with Crippen molar-refractivity contribution in [2.75, 3.05) is 13.1 Å². The lowest BCUT2D eigenvalue weighted by molar-refractivity contribution is 0.0185. The molecule has 0 radical (unpaired) electrons. The first-order chi connectivity index (χ1) is 10.7. The second-order valence-corrected chi connectivity index (χ2v) is 6.75. The minimum atomic E-state index is -0.547. The number of likely N-dealkylation sites (tertiary alicyclic amines) is 1. The van der Waals surface area contributed by atoms with Gasteiger partial charge in [-0.15, -0.1) is 0 Å². The summed E-state index contributed by atoms with van der Waals surface area (Å²) in [6.45, 7) is 6.46. The lowest BCUT2D eigenvalue weighted by Crippen LogP contribution is -2.50. The number of rotatable bonds is 2. The fourth-order valence-corrected chi connectivity index (χ4v) is 2.49. The topological polar surface area (TPSA) is 58.6 Å². The van der Waals surface area contributed by atoms with E-state index in [0.29, 0.717) is 13.1 Å². The molecule has 0 aromatic heterocycles. The van der Waals surface area contributed by atoms with Crippen molar-refractivity contribution in [1.29, 1.82) is 0 Å². The lowest BCUT2D eigenvalue weighted by atomic mass is 10.1. The Morgan fingerprint density at radius 2 is 2.09 bits per heavy atom. The molecule has 6 heteroatoms. The van der Waals surface area contributed by atoms with Crippen molar-refractivity contribution < 1.29 is 18.7 Å². The van der Waals surface area contributed by atoms with E-state index in [-0.39, 0.29) is 23.6 Å². The number of ether oxygens (including phenoxy) is 1. The second-order valence-electron chi connectivity index (χ2n) is 6.75. The van der Waals surface area contributed by atoms with E-state index < -0.39 is 11.4 Å². The molecule has 2 amide bonds. The van der Waals surface area contributed by atoms with Crippen LogP contribution >= 0.6 is 0 Å². The lowest BCUT2D eigenvalue weighted by Gasteiger charge is -2.34. The van der Waals surface area contributed by atoms with Gasteiger partial charge in [-0.05, 0) is 51.8 Å². The first-order valence-electron chi connectivity index (χ1n) is 7.79. The van der Waals surface area contributed by atoms with Crippen molar-refractivity contribution in [3.63, 3.8) is 0 Å². The summed E-state index contributed by atoms with van der Waals surface area (Å²) >= 11 is 0. The number of hydrogen-bond acceptors (Lipinski definition) is 3. The smallest absolute Gasteiger partial charge is 0.410 e. The Kier molecular flexibility index (Phi) is 5.23. The van der Waals surface area contributed by atoms with E-state index in [1.54, 1.807) is 11.0 Å². The first-order valence-corrected chi connectivity index (χ1v) is 7.79. The zero-order chi connectivity index (χ0) is 17.0. The van der Waals surface area contributed by atoms with Crippen LogP contribution in [-0.2, 0) is 4.74 Å². The zero-order valence-electron chi connectivity index (χ0n) is 13.8. The van der Waals surface area contributed by atoms with E-state index in [9.17, 15) is 14.0 Å². The van der Waals surface area contributed by atoms with Crippen molar-refractivity contribution in [2.24, 2.45) is 0 Å². The summed E-state index contributed by atoms with van der Waals surface area (Å²) in [5, 5.41) is 2.86. The van der Waals surface area contributed by atoms with Gasteiger partial charge in [0.1, 0.15) is 11.4 Å². The van der Waals surface area contributed by atoms with E-state index in [4.69, 9.17) is 4.74 Å². The van der Waals surface area contributed by atoms with Crippen molar-refractivity contribution in [3.8, 4) is 0 Å². The minimum absolute atomic E-state index is 0.160. The van der Waals surface area contributed by atoms with Gasteiger partial charge in [0.25, 0.3) is 5.91 Å². The molecule has 0 bridgehead atoms. The molecule has 23 heavy (non-hydrogen) atoms. The molecule has 1 atom stereocenters. The van der Waals surface area contributed by atoms with Gasteiger partial charge in [-0.1, -0.05) is 6.07 Å². The van der Waals surface area contributed by atoms with Crippen LogP contribution in [0.4, 0.5) is 9.18 Å². The number of nitrogens with zero attached hydrogens (tertiary/aromatic N) is 1. The average Bonchev–Trinajstić information content (AvgIpc) is 2.45. The number of carbonyl (C=O) groups excluding carboxylic acids is 2. The third-order valence-corrected chi connectivity index (χ3v) is 3.50. The van der Waals surface area contributed by atoms with Gasteiger partial charge in [-0.25, -0.2) is 9.18 Å². The van der Waals surface area contributed by atoms with Gasteiger partial charge < -0.3 is 15.0 Å². The fraction of sp³-hybridized carbons (Fsp3) is 0.529. The molecular formula is C17H23FN2O3. The largest absolute Gasteiger partial charge is 0.444 e. The quantitative estimate of drug-likeness (QED) is 0.911. The van der Waals surface area contributed by atoms with E-state index in [1.165, 1.54) is 18.2 Å². The Bertz CT molecular complexity index is 583. The van der Waals surface area contributed by atoms with Crippen LogP contribution < -0.4 is 5.32 Å². The van der Waals surface area contributed by atoms with Crippen LogP contribution in [0.3, 0.4) is 0 Å². The Hall–Kier alpha value is -2.11. The van der Waals surface area contributed by atoms with Gasteiger partial charge in [0.05, 0.1) is 0 Å². The van der Waals surface area contributed by atoms with E-state index >= 15 is 0 Å². The zero-order valence-corrected chi connectivity index (χ0v) is 13.8. The summed E-state index contributed by atoms with van der Waals surface area (Å²) in [5.41, 5.74) is -0.270. The third-order valence-electron chi connectivity index (χ3n) is 3.50. The van der Waals surface area contributed by atoms with E-state index in [2.05, 4.69) is 5.32 Å². The third kappa shape index (κ3) is 5.23. The molecule has 1 fully saturated rings. The second kappa shape index (κ2) is 6.98. The van der Waals surface area contributed by atoms with E-state index in [0.717, 1.165) is 12.8 Å². The van der Waals surface area contributed by atoms with Gasteiger partial charge in [-0.2, -0.15) is 0 Å². The summed E-state index contributed by atoms with van der Waals surface area (Å²) in [7, 11) is 0. The molecule has 5 nitrogen and oxygen atoms in total. The molecule has 1 N–H and O–H groups in total. The molecule has 0 saturated carbocycles. The number of amides is 2. The molecule has 1 unspecified atom stereocenters. The molecule has 1 aromatic rings. The molecule has 1 aliphatic heterocycles. The van der Waals surface area contributed by atoms with Crippen LogP contribution in [0, 0.1) is 5.82 Å². The fourth-order valence-electron chi connectivity index (χ4n) is 2.49. The van der Waals surface area contributed by atoms with Crippen LogP contribution in [0.5, 0.6) is 0 Å². The molecule has 0 spiro atoms. The molecule has 1 saturated heterocycles. The highest BCUT2D eigenvalue weighted by molar-refractivity contribution is 5.94. The summed E-state index contributed by atoms with van der Waals surface area (Å²) in [5.74, 6) is -0.780. The SMILES string of the molecule is CC(C)(C)OC(=O)N1CCCC(NC(=O)c2cccc(F)c2)C1. The summed E-state index contributed by atoms with van der Waals surface area (Å²) in [6, 6.07) is 5.39. The van der Waals surface area contributed by atoms with Crippen molar-refractivity contribution in [3.05, 3.63) is 35.6 Å². The average molecular weight is 322 g/mol. The van der Waals surface area contributed by atoms with Crippen LogP contribution in [0.15, 0.2) is 24.3 Å². The highest BCUT2D eigenvalue weighted by Gasteiger charge is 2.28. The van der Waals surface area contributed by atoms with Crippen LogP contribution in [0.25, 0.3) is 0 Å². The van der Waals surface area contributed by atoms with Gasteiger partial charge in [0.2, 0.25) is 0 Å². The summed E-state index contributed by atoms with van der Waals surface area (Å²) in [6.07, 6.45) is 1.19. The number of nitrogens with one attached hydrogen (secondary N) is 1. The van der Waals surface area contributed by atoms with Gasteiger partial charge in [-0.3, -0.25) is 4.79 Å². The molecule has 1 heterocycles. The Morgan fingerprint density at radius 3 is 2.74 bits per heavy atom. The maximum Gasteiger partial charge on any atom is 0.410 e. The normalized spacial score (nSPS) is 18.4. The number of hydrogen-bond donors (Lipinski definition) is 1. The molecular weight excluding hydrogens is 299 g/mol. The van der Waals surface area contributed by atoms with Crippen LogP contribution in [0.2, 0.25) is 0 Å². The number of piperidine rings is 1. The Labute approximate surface area is 135 Å². The van der Waals surface area contributed by atoms with Gasteiger partial charge in [0.15, 0.2) is 0 Å². The molecule has 1 aromatic carbocycles. The molecule has 2 rings (SSSR count). The predicted molar refractivity (Wildman–Crippen MR) is 84.7 cm³/mol. The van der Waals surface area contributed by atoms with Gasteiger partial charge >= 0.3 is 6.09 Å². The number of benzene rings is 1. The van der Waals surface area contributed by atoms with Gasteiger partial charge in [0, 0.05) is 24.7 Å². The van der Waals surface area contributed by atoms with Crippen molar-refractivity contribution in [2.45, 2.75) is 45.3 Å². The molecule has 0 aliphatic carbocycles. The molecule has 126 valence electrons. The van der Waals surface area contributed by atoms with E-state index in [1.807, 2.05) is 20.8 Å². The predicted octanol–water partition coefficient (Wildman–Crippen LogP) is 2.96. The van der Waals surface area contributed by atoms with Crippen molar-refractivity contribution >= 4 is 12.0 Å². The highest BCUT2D eigenvalue weighted by atomic mass is 19.1. The summed E-state index contributed by atoms with van der Waals surface area (Å²) in [4.78, 5) is 25.9. The Balaban J connectivity index is 1.93. The molecule has 1 aliphatic rings. The van der Waals surface area contributed by atoms with Crippen molar-refractivity contribution in [1.82, 2.24) is 10.2 Å². The minimum Gasteiger partial charge on any atom is -0.444 e. The number of carbonyl (C=O) groups is 2. The Morgan fingerprint density at radius 1 is 1.35 bits per heavy atom. The van der Waals surface area contributed by atoms with Crippen LogP contribution in [-0.4, -0.2) is 41.6 Å². The number of halogens is 1. The maximum absolute atomic E-state index is 13.2. The standard InChI is InChI=1S/C17H23FN2O3/c1-17(2,3)23-16(22)20-9-5-8-14(11-20)19-15(21)12-6-4-7-13(18)10-12/h4,6-7,10,14H,5,8-9,11H2,1-3H3,(H,19,21). The highest BCUT2D eigenvalue weighted by Crippen LogP contribution is 2.16. The monoisotopic (exact) mass is 322 g/mol.